The Bertz CT molecular complexity index is 208. The third kappa shape index (κ3) is 2.33. The number of aliphatic carboxylic acids is 1. The minimum absolute atomic E-state index is 0.153. The number of allylic oxidation sites excluding steroid dienone is 2. The lowest BCUT2D eigenvalue weighted by atomic mass is 9.75. The molecule has 0 amide bonds. The van der Waals surface area contributed by atoms with Gasteiger partial charge in [0.1, 0.15) is 0 Å². The number of carboxylic acids is 1. The molecule has 0 saturated carbocycles. The number of hydrogen-bond donors (Lipinski definition) is 1. The molecule has 1 rings (SSSR count). The quantitative estimate of drug-likeness (QED) is 0.681. The molecule has 0 heterocycles. The summed E-state index contributed by atoms with van der Waals surface area (Å²) in [7, 11) is 0. The first kappa shape index (κ1) is 10.3. The molecule has 1 aliphatic carbocycles. The Morgan fingerprint density at radius 2 is 2.38 bits per heavy atom. The SMILES string of the molecule is CCC(C(=O)O)C1CCC=CC1C. The first-order valence-corrected chi connectivity index (χ1v) is 5.06. The van der Waals surface area contributed by atoms with E-state index in [1.54, 1.807) is 0 Å². The molecule has 0 fully saturated rings. The fourth-order valence-corrected chi connectivity index (χ4v) is 2.23. The molecule has 1 aliphatic rings. The highest BCUT2D eigenvalue weighted by Crippen LogP contribution is 2.32. The van der Waals surface area contributed by atoms with Gasteiger partial charge >= 0.3 is 5.97 Å². The zero-order valence-electron chi connectivity index (χ0n) is 8.36. The van der Waals surface area contributed by atoms with Crippen molar-refractivity contribution < 1.29 is 9.90 Å². The van der Waals surface area contributed by atoms with Gasteiger partial charge in [-0.2, -0.15) is 0 Å². The molecule has 13 heavy (non-hydrogen) atoms. The topological polar surface area (TPSA) is 37.3 Å². The minimum Gasteiger partial charge on any atom is -0.481 e. The largest absolute Gasteiger partial charge is 0.481 e. The Hall–Kier alpha value is -0.790. The van der Waals surface area contributed by atoms with Gasteiger partial charge in [-0.05, 0) is 31.1 Å². The van der Waals surface area contributed by atoms with Crippen LogP contribution >= 0.6 is 0 Å². The predicted octanol–water partition coefficient (Wildman–Crippen LogP) is 2.70. The van der Waals surface area contributed by atoms with Gasteiger partial charge in [-0.25, -0.2) is 0 Å². The van der Waals surface area contributed by atoms with Gasteiger partial charge in [-0.3, -0.25) is 4.79 Å². The molecule has 3 atom stereocenters. The van der Waals surface area contributed by atoms with Crippen molar-refractivity contribution >= 4 is 5.97 Å². The van der Waals surface area contributed by atoms with Crippen molar-refractivity contribution in [3.05, 3.63) is 12.2 Å². The van der Waals surface area contributed by atoms with E-state index in [4.69, 9.17) is 5.11 Å². The molecule has 0 aromatic heterocycles. The predicted molar refractivity (Wildman–Crippen MR) is 52.4 cm³/mol. The van der Waals surface area contributed by atoms with Crippen LogP contribution in [0.3, 0.4) is 0 Å². The van der Waals surface area contributed by atoms with Crippen molar-refractivity contribution in [2.45, 2.75) is 33.1 Å². The van der Waals surface area contributed by atoms with Crippen molar-refractivity contribution in [2.75, 3.05) is 0 Å². The Kier molecular flexibility index (Phi) is 3.52. The van der Waals surface area contributed by atoms with Crippen LogP contribution in [0.15, 0.2) is 12.2 Å². The lowest BCUT2D eigenvalue weighted by Gasteiger charge is -2.29. The minimum atomic E-state index is -0.630. The van der Waals surface area contributed by atoms with Crippen molar-refractivity contribution in [2.24, 2.45) is 17.8 Å². The molecule has 0 radical (unpaired) electrons. The standard InChI is InChI=1S/C11H18O2/c1-3-9(11(12)13)10-7-5-4-6-8(10)2/h4,6,8-10H,3,5,7H2,1-2H3,(H,12,13). The van der Waals surface area contributed by atoms with Crippen LogP contribution in [0.25, 0.3) is 0 Å². The molecule has 2 nitrogen and oxygen atoms in total. The van der Waals surface area contributed by atoms with Gasteiger partial charge < -0.3 is 5.11 Å². The van der Waals surface area contributed by atoms with Crippen molar-refractivity contribution in [3.63, 3.8) is 0 Å². The number of rotatable bonds is 3. The van der Waals surface area contributed by atoms with E-state index in [9.17, 15) is 4.79 Å². The van der Waals surface area contributed by atoms with Gasteiger partial charge in [0.25, 0.3) is 0 Å². The van der Waals surface area contributed by atoms with Crippen molar-refractivity contribution in [1.29, 1.82) is 0 Å². The Labute approximate surface area is 79.6 Å². The van der Waals surface area contributed by atoms with E-state index in [1.165, 1.54) is 0 Å². The van der Waals surface area contributed by atoms with Gasteiger partial charge in [0, 0.05) is 0 Å². The van der Waals surface area contributed by atoms with E-state index >= 15 is 0 Å². The second kappa shape index (κ2) is 4.45. The molecule has 1 N–H and O–H groups in total. The van der Waals surface area contributed by atoms with Gasteiger partial charge in [0.2, 0.25) is 0 Å². The maximum absolute atomic E-state index is 11.0. The van der Waals surface area contributed by atoms with Gasteiger partial charge in [0.05, 0.1) is 5.92 Å². The average molecular weight is 182 g/mol. The third-order valence-corrected chi connectivity index (χ3v) is 3.06. The van der Waals surface area contributed by atoms with Crippen LogP contribution in [0.2, 0.25) is 0 Å². The van der Waals surface area contributed by atoms with Crippen LogP contribution in [0.5, 0.6) is 0 Å². The Morgan fingerprint density at radius 3 is 2.85 bits per heavy atom. The third-order valence-electron chi connectivity index (χ3n) is 3.06. The Morgan fingerprint density at radius 1 is 1.69 bits per heavy atom. The van der Waals surface area contributed by atoms with Crippen LogP contribution in [0.4, 0.5) is 0 Å². The maximum Gasteiger partial charge on any atom is 0.306 e. The van der Waals surface area contributed by atoms with Crippen LogP contribution in [-0.2, 0) is 4.79 Å². The highest BCUT2D eigenvalue weighted by atomic mass is 16.4. The van der Waals surface area contributed by atoms with E-state index in [2.05, 4.69) is 19.1 Å². The highest BCUT2D eigenvalue weighted by Gasteiger charge is 2.30. The molecular formula is C11H18O2. The van der Waals surface area contributed by atoms with Gasteiger partial charge in [-0.15, -0.1) is 0 Å². The van der Waals surface area contributed by atoms with Crippen molar-refractivity contribution in [3.8, 4) is 0 Å². The van der Waals surface area contributed by atoms with Crippen molar-refractivity contribution in [1.82, 2.24) is 0 Å². The Balaban J connectivity index is 2.67. The van der Waals surface area contributed by atoms with Crippen LogP contribution < -0.4 is 0 Å². The lowest BCUT2D eigenvalue weighted by Crippen LogP contribution is -2.28. The van der Waals surface area contributed by atoms with E-state index in [1.807, 2.05) is 6.92 Å². The highest BCUT2D eigenvalue weighted by molar-refractivity contribution is 5.70. The fraction of sp³-hybridized carbons (Fsp3) is 0.727. The van der Waals surface area contributed by atoms with E-state index in [-0.39, 0.29) is 5.92 Å². The van der Waals surface area contributed by atoms with Crippen LogP contribution in [0, 0.1) is 17.8 Å². The summed E-state index contributed by atoms with van der Waals surface area (Å²) in [5.74, 6) is -0.0168. The normalized spacial score (nSPS) is 30.0. The summed E-state index contributed by atoms with van der Waals surface area (Å²) >= 11 is 0. The molecule has 0 saturated heterocycles. The molecule has 0 bridgehead atoms. The second-order valence-electron chi connectivity index (χ2n) is 3.88. The van der Waals surface area contributed by atoms with E-state index in [0.29, 0.717) is 11.8 Å². The van der Waals surface area contributed by atoms with Crippen LogP contribution in [0.1, 0.15) is 33.1 Å². The molecular weight excluding hydrogens is 164 g/mol. The average Bonchev–Trinajstić information content (AvgIpc) is 2.09. The smallest absolute Gasteiger partial charge is 0.306 e. The first-order chi connectivity index (χ1) is 6.16. The summed E-state index contributed by atoms with van der Waals surface area (Å²) in [6.45, 7) is 4.08. The molecule has 74 valence electrons. The summed E-state index contributed by atoms with van der Waals surface area (Å²) in [4.78, 5) is 11.0. The van der Waals surface area contributed by atoms with Crippen LogP contribution in [-0.4, -0.2) is 11.1 Å². The summed E-state index contributed by atoms with van der Waals surface area (Å²) in [6, 6.07) is 0. The molecule has 3 unspecified atom stereocenters. The van der Waals surface area contributed by atoms with Gasteiger partial charge in [0.15, 0.2) is 0 Å². The lowest BCUT2D eigenvalue weighted by molar-refractivity contribution is -0.144. The summed E-state index contributed by atoms with van der Waals surface area (Å²) in [6.07, 6.45) is 7.13. The summed E-state index contributed by atoms with van der Waals surface area (Å²) < 4.78 is 0. The molecule has 0 aromatic carbocycles. The molecule has 0 spiro atoms. The molecule has 2 heteroatoms. The van der Waals surface area contributed by atoms with E-state index < -0.39 is 5.97 Å². The molecule has 0 aromatic rings. The molecule has 0 aliphatic heterocycles. The first-order valence-electron chi connectivity index (χ1n) is 5.06. The number of hydrogen-bond acceptors (Lipinski definition) is 1. The van der Waals surface area contributed by atoms with E-state index in [0.717, 1.165) is 19.3 Å². The maximum atomic E-state index is 11.0. The summed E-state index contributed by atoms with van der Waals surface area (Å²) in [5, 5.41) is 9.02. The zero-order valence-corrected chi connectivity index (χ0v) is 8.36. The number of carbonyl (C=O) groups is 1. The number of carboxylic acid groups (broad SMARTS) is 1. The zero-order chi connectivity index (χ0) is 9.84. The summed E-state index contributed by atoms with van der Waals surface area (Å²) in [5.41, 5.74) is 0. The van der Waals surface area contributed by atoms with Gasteiger partial charge in [-0.1, -0.05) is 26.0 Å². The second-order valence-corrected chi connectivity index (χ2v) is 3.88. The fourth-order valence-electron chi connectivity index (χ4n) is 2.23. The monoisotopic (exact) mass is 182 g/mol.